The van der Waals surface area contributed by atoms with Gasteiger partial charge >= 0.3 is 0 Å². The predicted octanol–water partition coefficient (Wildman–Crippen LogP) is 3.23. The van der Waals surface area contributed by atoms with Gasteiger partial charge in [0.05, 0.1) is 0 Å². The van der Waals surface area contributed by atoms with Gasteiger partial charge in [0.2, 0.25) is 0 Å². The molecule has 0 bridgehead atoms. The summed E-state index contributed by atoms with van der Waals surface area (Å²) in [7, 11) is 0. The summed E-state index contributed by atoms with van der Waals surface area (Å²) in [4.78, 5) is 4.41. The molecule has 88 valence electrons. The molecule has 0 aliphatic heterocycles. The maximum atomic E-state index is 4.41. The van der Waals surface area contributed by atoms with Gasteiger partial charge in [-0.25, -0.2) is 0 Å². The van der Waals surface area contributed by atoms with Crippen LogP contribution >= 0.6 is 0 Å². The van der Waals surface area contributed by atoms with Crippen LogP contribution in [-0.4, -0.2) is 11.5 Å². The maximum Gasteiger partial charge on any atom is 0.0420 e. The normalized spacial score (nSPS) is 18.9. The second kappa shape index (κ2) is 5.44. The average molecular weight is 218 g/mol. The van der Waals surface area contributed by atoms with Crippen molar-refractivity contribution in [1.29, 1.82) is 0 Å². The molecule has 1 aromatic heterocycles. The molecule has 1 fully saturated rings. The molecule has 1 N–H and O–H groups in total. The fourth-order valence-corrected chi connectivity index (χ4v) is 2.87. The van der Waals surface area contributed by atoms with Gasteiger partial charge in [-0.2, -0.15) is 0 Å². The van der Waals surface area contributed by atoms with E-state index in [0.29, 0.717) is 6.04 Å². The Hall–Kier alpha value is -0.890. The molecule has 0 aromatic carbocycles. The standard InChI is InChI=1S/C14H22N2/c1-3-15-14(12-7-4-5-8-12)13-9-6-10-16-11(13)2/h6,9-10,12,14-15H,3-5,7-8H2,1-2H3. The van der Waals surface area contributed by atoms with Gasteiger partial charge in [-0.1, -0.05) is 25.8 Å². The second-order valence-corrected chi connectivity index (χ2v) is 4.76. The minimum absolute atomic E-state index is 0.515. The highest BCUT2D eigenvalue weighted by Gasteiger charge is 2.26. The Bertz CT molecular complexity index is 329. The molecule has 2 heteroatoms. The van der Waals surface area contributed by atoms with E-state index in [2.05, 4.69) is 36.3 Å². The van der Waals surface area contributed by atoms with Crippen LogP contribution in [0.2, 0.25) is 0 Å². The average Bonchev–Trinajstić information content (AvgIpc) is 2.80. The Morgan fingerprint density at radius 2 is 2.19 bits per heavy atom. The van der Waals surface area contributed by atoms with Crippen LogP contribution in [0.4, 0.5) is 0 Å². The van der Waals surface area contributed by atoms with Crippen LogP contribution in [0.15, 0.2) is 18.3 Å². The molecule has 1 unspecified atom stereocenters. The number of pyridine rings is 1. The van der Waals surface area contributed by atoms with Crippen molar-refractivity contribution in [2.24, 2.45) is 5.92 Å². The van der Waals surface area contributed by atoms with Gasteiger partial charge in [0.1, 0.15) is 0 Å². The molecule has 2 nitrogen and oxygen atoms in total. The van der Waals surface area contributed by atoms with Gasteiger partial charge in [-0.15, -0.1) is 0 Å². The van der Waals surface area contributed by atoms with E-state index in [1.165, 1.54) is 36.9 Å². The molecule has 16 heavy (non-hydrogen) atoms. The van der Waals surface area contributed by atoms with Gasteiger partial charge in [0.15, 0.2) is 0 Å². The molecule has 2 rings (SSSR count). The van der Waals surface area contributed by atoms with E-state index in [1.807, 2.05) is 6.20 Å². The van der Waals surface area contributed by atoms with Crippen molar-refractivity contribution in [3.63, 3.8) is 0 Å². The predicted molar refractivity (Wildman–Crippen MR) is 67.3 cm³/mol. The topological polar surface area (TPSA) is 24.9 Å². The molecular formula is C14H22N2. The van der Waals surface area contributed by atoms with E-state index < -0.39 is 0 Å². The summed E-state index contributed by atoms with van der Waals surface area (Å²) in [5.74, 6) is 0.808. The first kappa shape index (κ1) is 11.6. The molecule has 1 aromatic rings. The number of rotatable bonds is 4. The van der Waals surface area contributed by atoms with Crippen molar-refractivity contribution in [2.45, 2.75) is 45.6 Å². The van der Waals surface area contributed by atoms with Crippen molar-refractivity contribution in [3.05, 3.63) is 29.6 Å². The van der Waals surface area contributed by atoms with Crippen LogP contribution in [-0.2, 0) is 0 Å². The van der Waals surface area contributed by atoms with Gasteiger partial charge in [0, 0.05) is 17.9 Å². The lowest BCUT2D eigenvalue weighted by Gasteiger charge is -2.25. The SMILES string of the molecule is CCNC(c1cccnc1C)C1CCCC1. The van der Waals surface area contributed by atoms with Crippen molar-refractivity contribution in [3.8, 4) is 0 Å². The lowest BCUT2D eigenvalue weighted by Crippen LogP contribution is -2.27. The quantitative estimate of drug-likeness (QED) is 0.839. The summed E-state index contributed by atoms with van der Waals surface area (Å²) in [6.07, 6.45) is 7.41. The number of nitrogens with one attached hydrogen (secondary N) is 1. The second-order valence-electron chi connectivity index (χ2n) is 4.76. The van der Waals surface area contributed by atoms with E-state index in [-0.39, 0.29) is 0 Å². The van der Waals surface area contributed by atoms with E-state index >= 15 is 0 Å². The summed E-state index contributed by atoms with van der Waals surface area (Å²) < 4.78 is 0. The van der Waals surface area contributed by atoms with Gasteiger partial charge < -0.3 is 5.32 Å². The lowest BCUT2D eigenvalue weighted by atomic mass is 9.91. The zero-order chi connectivity index (χ0) is 11.4. The Balaban J connectivity index is 2.21. The molecule has 1 heterocycles. The minimum atomic E-state index is 0.515. The zero-order valence-electron chi connectivity index (χ0n) is 10.4. The molecule has 0 amide bonds. The van der Waals surface area contributed by atoms with Crippen molar-refractivity contribution in [1.82, 2.24) is 10.3 Å². The number of nitrogens with zero attached hydrogens (tertiary/aromatic N) is 1. The van der Waals surface area contributed by atoms with E-state index in [9.17, 15) is 0 Å². The first-order valence-electron chi connectivity index (χ1n) is 6.47. The zero-order valence-corrected chi connectivity index (χ0v) is 10.4. The van der Waals surface area contributed by atoms with Gasteiger partial charge in [0.25, 0.3) is 0 Å². The minimum Gasteiger partial charge on any atom is -0.310 e. The summed E-state index contributed by atoms with van der Waals surface area (Å²) in [5.41, 5.74) is 2.58. The molecule has 0 saturated heterocycles. The van der Waals surface area contributed by atoms with Crippen LogP contribution < -0.4 is 5.32 Å². The summed E-state index contributed by atoms with van der Waals surface area (Å²) in [5, 5.41) is 3.64. The smallest absolute Gasteiger partial charge is 0.0420 e. The van der Waals surface area contributed by atoms with Crippen LogP contribution in [0, 0.1) is 12.8 Å². The Labute approximate surface area is 98.5 Å². The van der Waals surface area contributed by atoms with Crippen LogP contribution in [0.25, 0.3) is 0 Å². The first-order chi connectivity index (χ1) is 7.83. The van der Waals surface area contributed by atoms with Crippen molar-refractivity contribution < 1.29 is 0 Å². The third kappa shape index (κ3) is 2.43. The van der Waals surface area contributed by atoms with E-state index in [1.54, 1.807) is 0 Å². The molecule has 0 spiro atoms. The summed E-state index contributed by atoms with van der Waals surface area (Å²) in [6, 6.07) is 4.80. The third-order valence-electron chi connectivity index (χ3n) is 3.68. The van der Waals surface area contributed by atoms with E-state index in [4.69, 9.17) is 0 Å². The first-order valence-corrected chi connectivity index (χ1v) is 6.47. The van der Waals surface area contributed by atoms with Crippen LogP contribution in [0.3, 0.4) is 0 Å². The molecule has 1 saturated carbocycles. The molecule has 1 atom stereocenters. The largest absolute Gasteiger partial charge is 0.310 e. The fraction of sp³-hybridized carbons (Fsp3) is 0.643. The highest BCUT2D eigenvalue weighted by molar-refractivity contribution is 5.23. The van der Waals surface area contributed by atoms with Gasteiger partial charge in [-0.05, 0) is 43.9 Å². The third-order valence-corrected chi connectivity index (χ3v) is 3.68. The van der Waals surface area contributed by atoms with Gasteiger partial charge in [-0.3, -0.25) is 4.98 Å². The Morgan fingerprint density at radius 3 is 2.81 bits per heavy atom. The number of aromatic nitrogens is 1. The molecule has 1 aliphatic rings. The highest BCUT2D eigenvalue weighted by Crippen LogP contribution is 2.36. The summed E-state index contributed by atoms with van der Waals surface area (Å²) >= 11 is 0. The van der Waals surface area contributed by atoms with Crippen molar-refractivity contribution >= 4 is 0 Å². The lowest BCUT2D eigenvalue weighted by molar-refractivity contribution is 0.372. The fourth-order valence-electron chi connectivity index (χ4n) is 2.87. The number of aryl methyl sites for hydroxylation is 1. The highest BCUT2D eigenvalue weighted by atomic mass is 14.9. The maximum absolute atomic E-state index is 4.41. The Kier molecular flexibility index (Phi) is 3.94. The van der Waals surface area contributed by atoms with Crippen LogP contribution in [0.1, 0.15) is 49.9 Å². The van der Waals surface area contributed by atoms with Crippen molar-refractivity contribution in [2.75, 3.05) is 6.54 Å². The molecule has 0 radical (unpaired) electrons. The molecular weight excluding hydrogens is 196 g/mol. The Morgan fingerprint density at radius 1 is 1.44 bits per heavy atom. The summed E-state index contributed by atoms with van der Waals surface area (Å²) in [6.45, 7) is 5.35. The monoisotopic (exact) mass is 218 g/mol. The number of hydrogen-bond donors (Lipinski definition) is 1. The molecule has 1 aliphatic carbocycles. The van der Waals surface area contributed by atoms with E-state index in [0.717, 1.165) is 12.5 Å². The van der Waals surface area contributed by atoms with Crippen LogP contribution in [0.5, 0.6) is 0 Å². The number of hydrogen-bond acceptors (Lipinski definition) is 2.